The molecule has 3 heterocycles. The summed E-state index contributed by atoms with van der Waals surface area (Å²) in [6, 6.07) is 16.9. The Bertz CT molecular complexity index is 1380. The number of rotatable bonds is 5. The number of hydrogen-bond acceptors (Lipinski definition) is 7. The Morgan fingerprint density at radius 2 is 1.94 bits per heavy atom. The lowest BCUT2D eigenvalue weighted by molar-refractivity contribution is 0.372. The summed E-state index contributed by atoms with van der Waals surface area (Å²) in [6.45, 7) is 4.02. The molecule has 4 aromatic rings. The van der Waals surface area contributed by atoms with E-state index in [-0.39, 0.29) is 5.75 Å². The third-order valence-electron chi connectivity index (χ3n) is 5.71. The van der Waals surface area contributed by atoms with E-state index in [9.17, 15) is 5.11 Å². The average molecular weight is 491 g/mol. The lowest BCUT2D eigenvalue weighted by atomic mass is 9.94. The van der Waals surface area contributed by atoms with Crippen LogP contribution in [0.15, 0.2) is 70.2 Å². The number of hydrogen-bond donors (Lipinski definition) is 2. The van der Waals surface area contributed by atoms with Crippen LogP contribution in [0.3, 0.4) is 0 Å². The van der Waals surface area contributed by atoms with E-state index in [0.29, 0.717) is 22.6 Å². The van der Waals surface area contributed by atoms with Gasteiger partial charge in [0.15, 0.2) is 16.6 Å². The van der Waals surface area contributed by atoms with Crippen molar-refractivity contribution in [3.63, 3.8) is 0 Å². The number of nitrogens with zero attached hydrogens (tertiary/aromatic N) is 3. The number of thiocarbonyl (C=S) groups is 1. The first-order valence-corrected chi connectivity index (χ1v) is 11.9. The summed E-state index contributed by atoms with van der Waals surface area (Å²) in [4.78, 5) is 7.58. The molecule has 0 fully saturated rings. The van der Waals surface area contributed by atoms with Gasteiger partial charge in [0.2, 0.25) is 5.82 Å². The van der Waals surface area contributed by atoms with E-state index in [1.807, 2.05) is 66.6 Å². The second-order valence-electron chi connectivity index (χ2n) is 7.88. The Hall–Kier alpha value is -3.69. The smallest absolute Gasteiger partial charge is 0.258 e. The summed E-state index contributed by atoms with van der Waals surface area (Å²) in [7, 11) is 1.52. The number of phenolic OH excluding ortho intramolecular Hbond substituents is 1. The molecule has 1 atom stereocenters. The number of nitrogens with one attached hydrogen (secondary N) is 1. The van der Waals surface area contributed by atoms with Crippen LogP contribution >= 0.6 is 23.6 Å². The van der Waals surface area contributed by atoms with Crippen molar-refractivity contribution < 1.29 is 14.4 Å². The molecule has 7 nitrogen and oxygen atoms in total. The van der Waals surface area contributed by atoms with Crippen LogP contribution in [0.4, 0.5) is 5.69 Å². The number of aromatic hydroxyl groups is 1. The van der Waals surface area contributed by atoms with Crippen molar-refractivity contribution in [3.05, 3.63) is 82.7 Å². The zero-order valence-electron chi connectivity index (χ0n) is 18.8. The minimum atomic E-state index is -0.414. The molecule has 0 aliphatic carbocycles. The lowest BCUT2D eigenvalue weighted by Crippen LogP contribution is -2.46. The monoisotopic (exact) mass is 490 g/mol. The van der Waals surface area contributed by atoms with Crippen LogP contribution in [0.5, 0.6) is 11.5 Å². The fourth-order valence-corrected chi connectivity index (χ4v) is 5.01. The van der Waals surface area contributed by atoms with Crippen molar-refractivity contribution in [2.45, 2.75) is 19.9 Å². The molecule has 34 heavy (non-hydrogen) atoms. The lowest BCUT2D eigenvalue weighted by Gasteiger charge is -2.37. The summed E-state index contributed by atoms with van der Waals surface area (Å²) in [5.41, 5.74) is 4.50. The highest BCUT2D eigenvalue weighted by Crippen LogP contribution is 2.41. The van der Waals surface area contributed by atoms with Gasteiger partial charge in [0.1, 0.15) is 0 Å². The van der Waals surface area contributed by atoms with E-state index in [0.717, 1.165) is 33.0 Å². The Kier molecular flexibility index (Phi) is 5.80. The van der Waals surface area contributed by atoms with Crippen molar-refractivity contribution in [1.82, 2.24) is 15.5 Å². The summed E-state index contributed by atoms with van der Waals surface area (Å²) in [6.07, 6.45) is 0. The zero-order valence-corrected chi connectivity index (χ0v) is 20.4. The van der Waals surface area contributed by atoms with Gasteiger partial charge in [0.05, 0.1) is 23.6 Å². The summed E-state index contributed by atoms with van der Waals surface area (Å²) >= 11 is 7.32. The van der Waals surface area contributed by atoms with Gasteiger partial charge in [0, 0.05) is 11.4 Å². The molecule has 1 aliphatic heterocycles. The van der Waals surface area contributed by atoms with Gasteiger partial charge in [0.25, 0.3) is 5.89 Å². The summed E-state index contributed by atoms with van der Waals surface area (Å²) < 4.78 is 11.0. The number of methoxy groups -OCH3 is 1. The van der Waals surface area contributed by atoms with Crippen molar-refractivity contribution >= 4 is 39.9 Å². The molecule has 9 heteroatoms. The number of ether oxygens (including phenoxy) is 1. The van der Waals surface area contributed by atoms with Gasteiger partial charge in [-0.25, -0.2) is 0 Å². The number of allylic oxidation sites excluding steroid dienone is 1. The first kappa shape index (κ1) is 22.1. The molecule has 172 valence electrons. The second kappa shape index (κ2) is 8.92. The first-order chi connectivity index (χ1) is 16.5. The quantitative estimate of drug-likeness (QED) is 0.345. The zero-order chi connectivity index (χ0) is 23.8. The molecule has 2 aromatic heterocycles. The normalized spacial score (nSPS) is 16.0. The van der Waals surface area contributed by atoms with Gasteiger partial charge < -0.3 is 19.7 Å². The predicted octanol–water partition coefficient (Wildman–Crippen LogP) is 5.69. The molecule has 2 aromatic carbocycles. The number of aromatic nitrogens is 2. The molecule has 0 bridgehead atoms. The van der Waals surface area contributed by atoms with Crippen LogP contribution in [0.1, 0.15) is 30.0 Å². The summed E-state index contributed by atoms with van der Waals surface area (Å²) in [5, 5.41) is 20.6. The minimum Gasteiger partial charge on any atom is -0.504 e. The van der Waals surface area contributed by atoms with Gasteiger partial charge in [-0.3, -0.25) is 4.90 Å². The topological polar surface area (TPSA) is 83.7 Å². The van der Waals surface area contributed by atoms with E-state index in [1.165, 1.54) is 7.11 Å². The number of aryl methyl sites for hydroxylation is 1. The standard InChI is InChI=1S/C25H22N4O3S2/c1-14-6-9-17(10-7-14)29-15(2)21(24-27-23(28-32-24)20-5-4-12-34-20)22(26-25(29)33)16-8-11-19(31-3)18(30)13-16/h4-13,22,30H,1-3H3,(H,26,33). The Morgan fingerprint density at radius 1 is 1.15 bits per heavy atom. The van der Waals surface area contributed by atoms with Crippen LogP contribution in [0.25, 0.3) is 16.3 Å². The maximum Gasteiger partial charge on any atom is 0.258 e. The van der Waals surface area contributed by atoms with Gasteiger partial charge in [-0.05, 0) is 67.3 Å². The molecular weight excluding hydrogens is 468 g/mol. The SMILES string of the molecule is COc1ccc(C2NC(=S)N(c3ccc(C)cc3)C(C)=C2c2nc(-c3cccs3)no2)cc1O. The third-order valence-corrected chi connectivity index (χ3v) is 6.88. The number of anilines is 1. The fourth-order valence-electron chi connectivity index (χ4n) is 4.00. The van der Waals surface area contributed by atoms with Crippen LogP contribution in [-0.4, -0.2) is 27.5 Å². The van der Waals surface area contributed by atoms with Crippen LogP contribution < -0.4 is 15.0 Å². The first-order valence-electron chi connectivity index (χ1n) is 10.6. The average Bonchev–Trinajstić information content (AvgIpc) is 3.52. The summed E-state index contributed by atoms with van der Waals surface area (Å²) in [5.74, 6) is 1.34. The van der Waals surface area contributed by atoms with Gasteiger partial charge in [-0.15, -0.1) is 11.3 Å². The van der Waals surface area contributed by atoms with Crippen molar-refractivity contribution in [3.8, 4) is 22.2 Å². The van der Waals surface area contributed by atoms with E-state index in [4.69, 9.17) is 26.5 Å². The maximum absolute atomic E-state index is 10.4. The predicted molar refractivity (Wildman–Crippen MR) is 137 cm³/mol. The van der Waals surface area contributed by atoms with Crippen molar-refractivity contribution in [2.75, 3.05) is 12.0 Å². The van der Waals surface area contributed by atoms with E-state index >= 15 is 0 Å². The molecule has 2 N–H and O–H groups in total. The second-order valence-corrected chi connectivity index (χ2v) is 9.22. The van der Waals surface area contributed by atoms with Crippen LogP contribution in [0, 0.1) is 6.92 Å². The molecular formula is C25H22N4O3S2. The van der Waals surface area contributed by atoms with Gasteiger partial charge >= 0.3 is 0 Å². The highest BCUT2D eigenvalue weighted by atomic mass is 32.1. The largest absolute Gasteiger partial charge is 0.504 e. The van der Waals surface area contributed by atoms with Crippen LogP contribution in [-0.2, 0) is 0 Å². The molecule has 0 spiro atoms. The van der Waals surface area contributed by atoms with E-state index in [2.05, 4.69) is 10.5 Å². The molecule has 1 aliphatic rings. The van der Waals surface area contributed by atoms with Gasteiger partial charge in [-0.1, -0.05) is 35.0 Å². The molecule has 1 unspecified atom stereocenters. The van der Waals surface area contributed by atoms with E-state index < -0.39 is 6.04 Å². The number of thiophene rings is 1. The minimum absolute atomic E-state index is 0.0375. The van der Waals surface area contributed by atoms with Crippen molar-refractivity contribution in [2.24, 2.45) is 0 Å². The molecule has 0 amide bonds. The number of phenols is 1. The highest BCUT2D eigenvalue weighted by Gasteiger charge is 2.35. The fraction of sp³-hybridized carbons (Fsp3) is 0.160. The third kappa shape index (κ3) is 3.93. The number of benzene rings is 2. The highest BCUT2D eigenvalue weighted by molar-refractivity contribution is 7.80. The molecule has 0 saturated heterocycles. The Morgan fingerprint density at radius 3 is 2.62 bits per heavy atom. The van der Waals surface area contributed by atoms with Crippen molar-refractivity contribution in [1.29, 1.82) is 0 Å². The molecule has 0 saturated carbocycles. The molecule has 0 radical (unpaired) electrons. The Balaban J connectivity index is 1.66. The Labute approximate surface area is 206 Å². The molecule has 5 rings (SSSR count). The van der Waals surface area contributed by atoms with E-state index in [1.54, 1.807) is 23.5 Å². The van der Waals surface area contributed by atoms with Crippen LogP contribution in [0.2, 0.25) is 0 Å². The maximum atomic E-state index is 10.4. The van der Waals surface area contributed by atoms with Gasteiger partial charge in [-0.2, -0.15) is 4.98 Å².